The van der Waals surface area contributed by atoms with Gasteiger partial charge in [-0.25, -0.2) is 0 Å². The summed E-state index contributed by atoms with van der Waals surface area (Å²) in [6, 6.07) is 6.28. The molecule has 1 aromatic rings. The largest absolute Gasteiger partial charge is 0.497 e. The first-order valence-electron chi connectivity index (χ1n) is 7.31. The average Bonchev–Trinajstić information content (AvgIpc) is 2.47. The number of ether oxygens (including phenoxy) is 2. The van der Waals surface area contributed by atoms with Crippen molar-refractivity contribution >= 4 is 5.69 Å². The van der Waals surface area contributed by atoms with Crippen LogP contribution in [-0.2, 0) is 0 Å². The van der Waals surface area contributed by atoms with E-state index in [1.165, 1.54) is 19.4 Å². The Hall–Kier alpha value is -1.42. The highest BCUT2D eigenvalue weighted by Gasteiger charge is 2.23. The molecule has 1 aromatic carbocycles. The van der Waals surface area contributed by atoms with E-state index in [1.54, 1.807) is 14.2 Å². The Morgan fingerprint density at radius 3 is 2.75 bits per heavy atom. The van der Waals surface area contributed by atoms with Crippen LogP contribution in [0.3, 0.4) is 0 Å². The van der Waals surface area contributed by atoms with Gasteiger partial charge in [-0.15, -0.1) is 0 Å². The van der Waals surface area contributed by atoms with Crippen molar-refractivity contribution in [1.82, 2.24) is 4.90 Å². The van der Waals surface area contributed by atoms with Gasteiger partial charge in [0.1, 0.15) is 11.5 Å². The van der Waals surface area contributed by atoms with Gasteiger partial charge < -0.3 is 19.7 Å². The Morgan fingerprint density at radius 1 is 1.30 bits per heavy atom. The first kappa shape index (κ1) is 15.0. The van der Waals surface area contributed by atoms with Gasteiger partial charge in [-0.1, -0.05) is 0 Å². The van der Waals surface area contributed by atoms with Gasteiger partial charge in [0.25, 0.3) is 0 Å². The Kier molecular flexibility index (Phi) is 5.12. The van der Waals surface area contributed by atoms with Gasteiger partial charge in [-0.3, -0.25) is 0 Å². The van der Waals surface area contributed by atoms with Gasteiger partial charge in [0, 0.05) is 18.7 Å². The zero-order chi connectivity index (χ0) is 14.5. The molecule has 0 bridgehead atoms. The molecule has 0 aromatic heterocycles. The predicted octanol–water partition coefficient (Wildman–Crippen LogP) is 2.85. The Labute approximate surface area is 122 Å². The number of methoxy groups -OCH3 is 2. The SMILES string of the molecule is COc1ccc(OC)c(NC(C)C2CCCN(C)C2)c1. The van der Waals surface area contributed by atoms with Crippen LogP contribution in [0, 0.1) is 5.92 Å². The summed E-state index contributed by atoms with van der Waals surface area (Å²) < 4.78 is 10.7. The maximum Gasteiger partial charge on any atom is 0.142 e. The quantitative estimate of drug-likeness (QED) is 0.898. The number of piperidine rings is 1. The van der Waals surface area contributed by atoms with E-state index < -0.39 is 0 Å². The number of hydrogen-bond donors (Lipinski definition) is 1. The molecule has 1 saturated heterocycles. The minimum atomic E-state index is 0.416. The minimum Gasteiger partial charge on any atom is -0.497 e. The van der Waals surface area contributed by atoms with Crippen molar-refractivity contribution in [3.8, 4) is 11.5 Å². The van der Waals surface area contributed by atoms with Gasteiger partial charge in [-0.2, -0.15) is 0 Å². The molecular formula is C16H26N2O2. The molecule has 2 atom stereocenters. The van der Waals surface area contributed by atoms with E-state index in [0.29, 0.717) is 12.0 Å². The Balaban J connectivity index is 2.07. The van der Waals surface area contributed by atoms with Crippen LogP contribution >= 0.6 is 0 Å². The Morgan fingerprint density at radius 2 is 2.10 bits per heavy atom. The number of likely N-dealkylation sites (tertiary alicyclic amines) is 1. The zero-order valence-corrected chi connectivity index (χ0v) is 13.0. The van der Waals surface area contributed by atoms with Crippen LogP contribution in [0.15, 0.2) is 18.2 Å². The lowest BCUT2D eigenvalue weighted by Gasteiger charge is -2.34. The highest BCUT2D eigenvalue weighted by Crippen LogP contribution is 2.31. The van der Waals surface area contributed by atoms with Crippen molar-refractivity contribution in [2.75, 3.05) is 39.7 Å². The summed E-state index contributed by atoms with van der Waals surface area (Å²) in [6.45, 7) is 4.62. The van der Waals surface area contributed by atoms with Crippen molar-refractivity contribution < 1.29 is 9.47 Å². The lowest BCUT2D eigenvalue weighted by Crippen LogP contribution is -2.39. The lowest BCUT2D eigenvalue weighted by molar-refractivity contribution is 0.197. The summed E-state index contributed by atoms with van der Waals surface area (Å²) >= 11 is 0. The van der Waals surface area contributed by atoms with Crippen LogP contribution in [0.1, 0.15) is 19.8 Å². The summed E-state index contributed by atoms with van der Waals surface area (Å²) in [5, 5.41) is 3.59. The van der Waals surface area contributed by atoms with Crippen LogP contribution < -0.4 is 14.8 Å². The van der Waals surface area contributed by atoms with Crippen molar-refractivity contribution in [2.24, 2.45) is 5.92 Å². The van der Waals surface area contributed by atoms with Crippen LogP contribution in [0.4, 0.5) is 5.69 Å². The van der Waals surface area contributed by atoms with E-state index in [1.807, 2.05) is 18.2 Å². The summed E-state index contributed by atoms with van der Waals surface area (Å²) in [5.41, 5.74) is 1.01. The molecule has 1 heterocycles. The highest BCUT2D eigenvalue weighted by molar-refractivity contribution is 5.60. The van der Waals surface area contributed by atoms with Crippen molar-refractivity contribution in [3.05, 3.63) is 18.2 Å². The lowest BCUT2D eigenvalue weighted by atomic mass is 9.91. The molecule has 0 spiro atoms. The zero-order valence-electron chi connectivity index (χ0n) is 13.0. The van der Waals surface area contributed by atoms with Crippen LogP contribution in [0.25, 0.3) is 0 Å². The fourth-order valence-electron chi connectivity index (χ4n) is 2.90. The summed E-state index contributed by atoms with van der Waals surface area (Å²) in [5.74, 6) is 2.38. The number of benzene rings is 1. The second-order valence-electron chi connectivity index (χ2n) is 5.66. The third kappa shape index (κ3) is 3.57. The molecule has 0 aliphatic carbocycles. The van der Waals surface area contributed by atoms with Gasteiger partial charge >= 0.3 is 0 Å². The second kappa shape index (κ2) is 6.84. The van der Waals surface area contributed by atoms with Gasteiger partial charge in [-0.05, 0) is 51.4 Å². The van der Waals surface area contributed by atoms with Crippen molar-refractivity contribution in [1.29, 1.82) is 0 Å². The topological polar surface area (TPSA) is 33.7 Å². The van der Waals surface area contributed by atoms with Crippen molar-refractivity contribution in [3.63, 3.8) is 0 Å². The van der Waals surface area contributed by atoms with E-state index in [-0.39, 0.29) is 0 Å². The monoisotopic (exact) mass is 278 g/mol. The molecule has 1 aliphatic rings. The fourth-order valence-corrected chi connectivity index (χ4v) is 2.90. The molecule has 20 heavy (non-hydrogen) atoms. The normalized spacial score (nSPS) is 21.3. The van der Waals surface area contributed by atoms with E-state index in [9.17, 15) is 0 Å². The van der Waals surface area contributed by atoms with Crippen LogP contribution in [0.2, 0.25) is 0 Å². The molecule has 0 saturated carbocycles. The molecule has 1 fully saturated rings. The summed E-state index contributed by atoms with van der Waals surface area (Å²) in [4.78, 5) is 2.41. The summed E-state index contributed by atoms with van der Waals surface area (Å²) in [7, 11) is 5.59. The maximum absolute atomic E-state index is 5.43. The van der Waals surface area contributed by atoms with Crippen LogP contribution in [-0.4, -0.2) is 45.3 Å². The predicted molar refractivity (Wildman–Crippen MR) is 82.9 cm³/mol. The second-order valence-corrected chi connectivity index (χ2v) is 5.66. The molecular weight excluding hydrogens is 252 g/mol. The standard InChI is InChI=1S/C16H26N2O2/c1-12(13-6-5-9-18(2)11-13)17-15-10-14(19-3)7-8-16(15)20-4/h7-8,10,12-13,17H,5-6,9,11H2,1-4H3. The molecule has 2 rings (SSSR count). The third-order valence-electron chi connectivity index (χ3n) is 4.16. The Bertz CT molecular complexity index is 436. The first-order chi connectivity index (χ1) is 9.63. The third-order valence-corrected chi connectivity index (χ3v) is 4.16. The van der Waals surface area contributed by atoms with Crippen molar-refractivity contribution in [2.45, 2.75) is 25.8 Å². The smallest absolute Gasteiger partial charge is 0.142 e. The number of rotatable bonds is 5. The molecule has 4 heteroatoms. The first-order valence-corrected chi connectivity index (χ1v) is 7.31. The summed E-state index contributed by atoms with van der Waals surface area (Å²) in [6.07, 6.45) is 2.56. The maximum atomic E-state index is 5.43. The van der Waals surface area contributed by atoms with Crippen LogP contribution in [0.5, 0.6) is 11.5 Å². The minimum absolute atomic E-state index is 0.416. The number of nitrogens with zero attached hydrogens (tertiary/aromatic N) is 1. The number of hydrogen-bond acceptors (Lipinski definition) is 4. The average molecular weight is 278 g/mol. The molecule has 0 radical (unpaired) electrons. The van der Waals surface area contributed by atoms with E-state index >= 15 is 0 Å². The molecule has 112 valence electrons. The molecule has 0 amide bonds. The molecule has 2 unspecified atom stereocenters. The molecule has 1 N–H and O–H groups in total. The molecule has 1 aliphatic heterocycles. The number of nitrogens with one attached hydrogen (secondary N) is 1. The van der Waals surface area contributed by atoms with E-state index in [4.69, 9.17) is 9.47 Å². The van der Waals surface area contributed by atoms with Gasteiger partial charge in [0.15, 0.2) is 0 Å². The van der Waals surface area contributed by atoms with E-state index in [2.05, 4.69) is 24.2 Å². The van der Waals surface area contributed by atoms with E-state index in [0.717, 1.165) is 23.7 Å². The van der Waals surface area contributed by atoms with Gasteiger partial charge in [0.2, 0.25) is 0 Å². The molecule has 4 nitrogen and oxygen atoms in total. The highest BCUT2D eigenvalue weighted by atomic mass is 16.5. The van der Waals surface area contributed by atoms with Gasteiger partial charge in [0.05, 0.1) is 19.9 Å². The number of anilines is 1. The fraction of sp³-hybridized carbons (Fsp3) is 0.625.